The van der Waals surface area contributed by atoms with Crippen LogP contribution in [0.5, 0.6) is 0 Å². The number of hydrogen-bond acceptors (Lipinski definition) is 4. The van der Waals surface area contributed by atoms with Gasteiger partial charge in [0.1, 0.15) is 5.82 Å². The minimum absolute atomic E-state index is 0.0595. The maximum Gasteiger partial charge on any atom is 0.125 e. The van der Waals surface area contributed by atoms with Crippen LogP contribution in [0.1, 0.15) is 37.2 Å². The third kappa shape index (κ3) is 4.06. The van der Waals surface area contributed by atoms with Gasteiger partial charge in [0.15, 0.2) is 0 Å². The quantitative estimate of drug-likeness (QED) is 0.829. The van der Waals surface area contributed by atoms with Crippen molar-refractivity contribution in [1.29, 1.82) is 0 Å². The first-order chi connectivity index (χ1) is 8.24. The molecule has 0 radical (unpaired) electrons. The van der Waals surface area contributed by atoms with Crippen LogP contribution in [0.2, 0.25) is 0 Å². The second-order valence-corrected chi connectivity index (χ2v) is 4.90. The smallest absolute Gasteiger partial charge is 0.125 e. The van der Waals surface area contributed by atoms with Crippen LogP contribution in [0.15, 0.2) is 12.3 Å². The third-order valence-electron chi connectivity index (χ3n) is 3.39. The lowest BCUT2D eigenvalue weighted by atomic mass is 9.87. The molecule has 4 nitrogen and oxygen atoms in total. The number of nitrogens with one attached hydrogen (secondary N) is 1. The van der Waals surface area contributed by atoms with Crippen LogP contribution in [0, 0.1) is 12.8 Å². The van der Waals surface area contributed by atoms with Crippen molar-refractivity contribution in [3.8, 4) is 0 Å². The molecule has 0 saturated heterocycles. The molecule has 0 bridgehead atoms. The number of aromatic nitrogens is 2. The number of aliphatic hydroxyl groups excluding tert-OH is 1. The Bertz CT molecular complexity index is 348. The summed E-state index contributed by atoms with van der Waals surface area (Å²) in [6.07, 6.45) is 5.93. The van der Waals surface area contributed by atoms with Gasteiger partial charge < -0.3 is 10.4 Å². The second-order valence-electron chi connectivity index (χ2n) is 4.90. The highest BCUT2D eigenvalue weighted by atomic mass is 16.3. The largest absolute Gasteiger partial charge is 0.393 e. The van der Waals surface area contributed by atoms with E-state index in [2.05, 4.69) is 15.3 Å². The number of aryl methyl sites for hydroxylation is 1. The first-order valence-electron chi connectivity index (χ1n) is 6.41. The van der Waals surface area contributed by atoms with Crippen LogP contribution in [0.25, 0.3) is 0 Å². The Labute approximate surface area is 102 Å². The molecule has 1 saturated carbocycles. The first-order valence-corrected chi connectivity index (χ1v) is 6.41. The van der Waals surface area contributed by atoms with Gasteiger partial charge in [-0.1, -0.05) is 0 Å². The molecular formula is C13H21N3O. The lowest BCUT2D eigenvalue weighted by molar-refractivity contribution is 0.108. The fourth-order valence-electron chi connectivity index (χ4n) is 2.36. The molecule has 2 N–H and O–H groups in total. The molecule has 1 fully saturated rings. The standard InChI is InChI=1S/C13H21N3O/c1-10-15-7-6-12(16-10)9-14-8-11-2-4-13(17)5-3-11/h6-7,11,13-14,17H,2-5,8-9H2,1H3. The second kappa shape index (κ2) is 6.07. The molecule has 0 unspecified atom stereocenters. The average molecular weight is 235 g/mol. The van der Waals surface area contributed by atoms with Gasteiger partial charge in [-0.2, -0.15) is 0 Å². The molecule has 0 amide bonds. The number of hydrogen-bond donors (Lipinski definition) is 2. The van der Waals surface area contributed by atoms with E-state index >= 15 is 0 Å². The molecular weight excluding hydrogens is 214 g/mol. The first kappa shape index (κ1) is 12.5. The van der Waals surface area contributed by atoms with Gasteiger partial charge in [0.2, 0.25) is 0 Å². The maximum absolute atomic E-state index is 9.42. The Morgan fingerprint density at radius 1 is 1.35 bits per heavy atom. The summed E-state index contributed by atoms with van der Waals surface area (Å²) in [7, 11) is 0. The van der Waals surface area contributed by atoms with E-state index in [1.807, 2.05) is 13.0 Å². The molecule has 0 atom stereocenters. The molecule has 17 heavy (non-hydrogen) atoms. The zero-order valence-corrected chi connectivity index (χ0v) is 10.4. The minimum Gasteiger partial charge on any atom is -0.393 e. The number of nitrogens with zero attached hydrogens (tertiary/aromatic N) is 2. The summed E-state index contributed by atoms with van der Waals surface area (Å²) >= 11 is 0. The normalized spacial score (nSPS) is 24.8. The SMILES string of the molecule is Cc1nccc(CNCC2CCC(O)CC2)n1. The van der Waals surface area contributed by atoms with E-state index in [1.165, 1.54) is 0 Å². The van der Waals surface area contributed by atoms with E-state index in [0.29, 0.717) is 5.92 Å². The summed E-state index contributed by atoms with van der Waals surface area (Å²) in [5.74, 6) is 1.53. The van der Waals surface area contributed by atoms with Crippen LogP contribution in [0.3, 0.4) is 0 Å². The van der Waals surface area contributed by atoms with Gasteiger partial charge in [-0.15, -0.1) is 0 Å². The molecule has 1 aliphatic carbocycles. The van der Waals surface area contributed by atoms with Crippen molar-refractivity contribution in [2.24, 2.45) is 5.92 Å². The molecule has 0 aromatic carbocycles. The molecule has 0 spiro atoms. The summed E-state index contributed by atoms with van der Waals surface area (Å²) in [4.78, 5) is 8.43. The summed E-state index contributed by atoms with van der Waals surface area (Å²) in [5.41, 5.74) is 1.05. The fraction of sp³-hybridized carbons (Fsp3) is 0.692. The highest BCUT2D eigenvalue weighted by molar-refractivity contribution is 5.01. The summed E-state index contributed by atoms with van der Waals surface area (Å²) in [6, 6.07) is 1.95. The van der Waals surface area contributed by atoms with Crippen molar-refractivity contribution in [3.05, 3.63) is 23.8 Å². The minimum atomic E-state index is -0.0595. The topological polar surface area (TPSA) is 58.0 Å². The van der Waals surface area contributed by atoms with Gasteiger partial charge in [-0.05, 0) is 51.1 Å². The monoisotopic (exact) mass is 235 g/mol. The highest BCUT2D eigenvalue weighted by Gasteiger charge is 2.18. The van der Waals surface area contributed by atoms with Crippen molar-refractivity contribution in [3.63, 3.8) is 0 Å². The van der Waals surface area contributed by atoms with Gasteiger partial charge in [-0.25, -0.2) is 9.97 Å². The Morgan fingerprint density at radius 3 is 2.82 bits per heavy atom. The third-order valence-corrected chi connectivity index (χ3v) is 3.39. The average Bonchev–Trinajstić information content (AvgIpc) is 2.32. The van der Waals surface area contributed by atoms with Crippen molar-refractivity contribution < 1.29 is 5.11 Å². The zero-order valence-electron chi connectivity index (χ0n) is 10.4. The van der Waals surface area contributed by atoms with Crippen LogP contribution in [-0.4, -0.2) is 27.7 Å². The van der Waals surface area contributed by atoms with E-state index in [0.717, 1.165) is 50.3 Å². The molecule has 1 aromatic heterocycles. The molecule has 1 aromatic rings. The molecule has 1 heterocycles. The Hall–Kier alpha value is -1.00. The van der Waals surface area contributed by atoms with Crippen molar-refractivity contribution in [2.75, 3.05) is 6.54 Å². The van der Waals surface area contributed by atoms with Crippen LogP contribution in [0.4, 0.5) is 0 Å². The van der Waals surface area contributed by atoms with E-state index < -0.39 is 0 Å². The maximum atomic E-state index is 9.42. The molecule has 1 aliphatic rings. The van der Waals surface area contributed by atoms with Gasteiger partial charge >= 0.3 is 0 Å². The van der Waals surface area contributed by atoms with Gasteiger partial charge in [0.25, 0.3) is 0 Å². The number of aliphatic hydroxyl groups is 1. The van der Waals surface area contributed by atoms with Crippen LogP contribution < -0.4 is 5.32 Å². The van der Waals surface area contributed by atoms with Gasteiger partial charge in [0, 0.05) is 12.7 Å². The Morgan fingerprint density at radius 2 is 2.12 bits per heavy atom. The summed E-state index contributed by atoms with van der Waals surface area (Å²) in [6.45, 7) is 3.74. The molecule has 2 rings (SSSR count). The molecule has 4 heteroatoms. The summed E-state index contributed by atoms with van der Waals surface area (Å²) < 4.78 is 0. The van der Waals surface area contributed by atoms with Crippen molar-refractivity contribution in [2.45, 2.75) is 45.3 Å². The van der Waals surface area contributed by atoms with Crippen LogP contribution in [-0.2, 0) is 6.54 Å². The summed E-state index contributed by atoms with van der Waals surface area (Å²) in [5, 5.41) is 12.9. The lowest BCUT2D eigenvalue weighted by Gasteiger charge is -2.25. The van der Waals surface area contributed by atoms with Gasteiger partial charge in [0.05, 0.1) is 11.8 Å². The molecule has 94 valence electrons. The van der Waals surface area contributed by atoms with E-state index in [9.17, 15) is 5.11 Å². The molecule has 0 aliphatic heterocycles. The Kier molecular flexibility index (Phi) is 4.45. The highest BCUT2D eigenvalue weighted by Crippen LogP contribution is 2.23. The fourth-order valence-corrected chi connectivity index (χ4v) is 2.36. The van der Waals surface area contributed by atoms with E-state index in [4.69, 9.17) is 0 Å². The van der Waals surface area contributed by atoms with E-state index in [1.54, 1.807) is 6.20 Å². The lowest BCUT2D eigenvalue weighted by Crippen LogP contribution is -2.28. The van der Waals surface area contributed by atoms with Gasteiger partial charge in [-0.3, -0.25) is 0 Å². The van der Waals surface area contributed by atoms with E-state index in [-0.39, 0.29) is 6.10 Å². The zero-order chi connectivity index (χ0) is 12.1. The number of rotatable bonds is 4. The van der Waals surface area contributed by atoms with Crippen molar-refractivity contribution >= 4 is 0 Å². The van der Waals surface area contributed by atoms with Crippen LogP contribution >= 0.6 is 0 Å². The predicted octanol–water partition coefficient (Wildman–Crippen LogP) is 1.43. The predicted molar refractivity (Wildman–Crippen MR) is 66.4 cm³/mol. The Balaban J connectivity index is 1.69. The van der Waals surface area contributed by atoms with Crippen molar-refractivity contribution in [1.82, 2.24) is 15.3 Å².